The standard InChI is InChI=1S/C19H28N2O2/c1-19(13-20)11-12-21(14-19)18(22)17(15-7-3-2-4-8-15)23-16-9-5-6-10-16/h2-4,7-8,16-17H,5-6,9-14,20H2,1H3. The van der Waals surface area contributed by atoms with E-state index in [0.717, 1.165) is 37.9 Å². The van der Waals surface area contributed by atoms with Crippen LogP contribution in [0.5, 0.6) is 0 Å². The van der Waals surface area contributed by atoms with Crippen LogP contribution in [0.3, 0.4) is 0 Å². The SMILES string of the molecule is CC1(CN)CCN(C(=O)C(OC2CCCC2)c2ccccc2)C1. The van der Waals surface area contributed by atoms with Gasteiger partial charge in [-0.2, -0.15) is 0 Å². The van der Waals surface area contributed by atoms with E-state index < -0.39 is 6.10 Å². The number of likely N-dealkylation sites (tertiary alicyclic amines) is 1. The van der Waals surface area contributed by atoms with E-state index in [9.17, 15) is 4.79 Å². The Labute approximate surface area is 139 Å². The van der Waals surface area contributed by atoms with Crippen LogP contribution in [0.2, 0.25) is 0 Å². The largest absolute Gasteiger partial charge is 0.360 e. The molecule has 0 spiro atoms. The van der Waals surface area contributed by atoms with E-state index in [1.807, 2.05) is 35.2 Å². The lowest BCUT2D eigenvalue weighted by atomic mass is 9.90. The lowest BCUT2D eigenvalue weighted by molar-refractivity contribution is -0.147. The molecule has 1 aliphatic heterocycles. The van der Waals surface area contributed by atoms with E-state index in [-0.39, 0.29) is 17.4 Å². The van der Waals surface area contributed by atoms with Crippen molar-refractivity contribution in [3.63, 3.8) is 0 Å². The molecule has 23 heavy (non-hydrogen) atoms. The molecule has 1 saturated carbocycles. The summed E-state index contributed by atoms with van der Waals surface area (Å²) in [5.74, 6) is 0.0975. The highest BCUT2D eigenvalue weighted by Crippen LogP contribution is 2.33. The first-order valence-corrected chi connectivity index (χ1v) is 8.81. The summed E-state index contributed by atoms with van der Waals surface area (Å²) in [5.41, 5.74) is 6.89. The lowest BCUT2D eigenvalue weighted by Gasteiger charge is -2.28. The van der Waals surface area contributed by atoms with E-state index in [1.54, 1.807) is 0 Å². The van der Waals surface area contributed by atoms with Crippen molar-refractivity contribution in [1.29, 1.82) is 0 Å². The van der Waals surface area contributed by atoms with E-state index in [1.165, 1.54) is 12.8 Å². The summed E-state index contributed by atoms with van der Waals surface area (Å²) < 4.78 is 6.25. The Kier molecular flexibility index (Phi) is 5.02. The third-order valence-electron chi connectivity index (χ3n) is 5.32. The van der Waals surface area contributed by atoms with Gasteiger partial charge in [0.2, 0.25) is 0 Å². The van der Waals surface area contributed by atoms with Crippen LogP contribution in [0, 0.1) is 5.41 Å². The second kappa shape index (κ2) is 7.02. The fourth-order valence-corrected chi connectivity index (χ4v) is 3.67. The molecule has 2 fully saturated rings. The first-order chi connectivity index (χ1) is 11.1. The van der Waals surface area contributed by atoms with Gasteiger partial charge in [0.15, 0.2) is 6.10 Å². The highest BCUT2D eigenvalue weighted by molar-refractivity contribution is 5.82. The van der Waals surface area contributed by atoms with Crippen molar-refractivity contribution in [1.82, 2.24) is 4.90 Å². The predicted octanol–water partition coefficient (Wildman–Crippen LogP) is 2.88. The minimum atomic E-state index is -0.473. The summed E-state index contributed by atoms with van der Waals surface area (Å²) in [4.78, 5) is 15.0. The number of rotatable bonds is 5. The molecule has 1 aromatic carbocycles. The van der Waals surface area contributed by atoms with Crippen LogP contribution >= 0.6 is 0 Å². The van der Waals surface area contributed by atoms with Crippen molar-refractivity contribution in [3.8, 4) is 0 Å². The molecule has 0 aromatic heterocycles. The molecule has 1 amide bonds. The van der Waals surface area contributed by atoms with Gasteiger partial charge in [-0.15, -0.1) is 0 Å². The summed E-state index contributed by atoms with van der Waals surface area (Å²) in [6.07, 6.45) is 5.26. The van der Waals surface area contributed by atoms with Gasteiger partial charge in [0, 0.05) is 13.1 Å². The maximum Gasteiger partial charge on any atom is 0.256 e. The molecule has 1 aliphatic carbocycles. The van der Waals surface area contributed by atoms with Gasteiger partial charge in [-0.05, 0) is 36.8 Å². The zero-order valence-electron chi connectivity index (χ0n) is 14.0. The average molecular weight is 316 g/mol. The average Bonchev–Trinajstić information content (AvgIpc) is 3.23. The van der Waals surface area contributed by atoms with Gasteiger partial charge in [0.25, 0.3) is 5.91 Å². The van der Waals surface area contributed by atoms with Crippen LogP contribution in [0.1, 0.15) is 50.7 Å². The van der Waals surface area contributed by atoms with Crippen molar-refractivity contribution >= 4 is 5.91 Å². The van der Waals surface area contributed by atoms with E-state index in [2.05, 4.69) is 6.92 Å². The van der Waals surface area contributed by atoms with Crippen molar-refractivity contribution in [3.05, 3.63) is 35.9 Å². The van der Waals surface area contributed by atoms with Crippen LogP contribution in [0.15, 0.2) is 30.3 Å². The maximum absolute atomic E-state index is 13.1. The molecule has 2 unspecified atom stereocenters. The number of carbonyl (C=O) groups excluding carboxylic acids is 1. The summed E-state index contributed by atoms with van der Waals surface area (Å²) >= 11 is 0. The highest BCUT2D eigenvalue weighted by atomic mass is 16.5. The van der Waals surface area contributed by atoms with Crippen molar-refractivity contribution in [2.24, 2.45) is 11.1 Å². The quantitative estimate of drug-likeness (QED) is 0.909. The monoisotopic (exact) mass is 316 g/mol. The Balaban J connectivity index is 1.76. The Hall–Kier alpha value is -1.39. The molecule has 4 nitrogen and oxygen atoms in total. The van der Waals surface area contributed by atoms with Gasteiger partial charge in [-0.25, -0.2) is 0 Å². The molecule has 126 valence electrons. The molecule has 1 heterocycles. The van der Waals surface area contributed by atoms with Crippen LogP contribution in [0.25, 0.3) is 0 Å². The van der Waals surface area contributed by atoms with Gasteiger partial charge in [0.1, 0.15) is 0 Å². The molecule has 3 rings (SSSR count). The summed E-state index contributed by atoms with van der Waals surface area (Å²) in [7, 11) is 0. The van der Waals surface area contributed by atoms with Gasteiger partial charge in [0.05, 0.1) is 6.10 Å². The first-order valence-electron chi connectivity index (χ1n) is 8.81. The van der Waals surface area contributed by atoms with Crippen molar-refractivity contribution in [2.45, 2.75) is 51.2 Å². The van der Waals surface area contributed by atoms with Crippen molar-refractivity contribution < 1.29 is 9.53 Å². The fourth-order valence-electron chi connectivity index (χ4n) is 3.67. The zero-order chi connectivity index (χ0) is 16.3. The van der Waals surface area contributed by atoms with Gasteiger partial charge < -0.3 is 15.4 Å². The number of hydrogen-bond acceptors (Lipinski definition) is 3. The minimum Gasteiger partial charge on any atom is -0.360 e. The van der Waals surface area contributed by atoms with E-state index in [4.69, 9.17) is 10.5 Å². The molecule has 2 atom stereocenters. The molecule has 4 heteroatoms. The third kappa shape index (κ3) is 3.75. The number of benzene rings is 1. The summed E-state index contributed by atoms with van der Waals surface area (Å²) in [5, 5.41) is 0. The molecule has 1 saturated heterocycles. The molecule has 0 bridgehead atoms. The highest BCUT2D eigenvalue weighted by Gasteiger charge is 2.38. The molecular weight excluding hydrogens is 288 g/mol. The number of amides is 1. The Bertz CT molecular complexity index is 527. The van der Waals surface area contributed by atoms with Crippen LogP contribution < -0.4 is 5.73 Å². The van der Waals surface area contributed by atoms with Crippen LogP contribution in [0.4, 0.5) is 0 Å². The third-order valence-corrected chi connectivity index (χ3v) is 5.32. The van der Waals surface area contributed by atoms with Crippen LogP contribution in [-0.4, -0.2) is 36.5 Å². The fraction of sp³-hybridized carbons (Fsp3) is 0.632. The first kappa shape index (κ1) is 16.5. The van der Waals surface area contributed by atoms with Gasteiger partial charge >= 0.3 is 0 Å². The van der Waals surface area contributed by atoms with E-state index in [0.29, 0.717) is 6.54 Å². The Morgan fingerprint density at radius 1 is 1.35 bits per heavy atom. The van der Waals surface area contributed by atoms with E-state index >= 15 is 0 Å². The zero-order valence-corrected chi connectivity index (χ0v) is 14.0. The predicted molar refractivity (Wildman–Crippen MR) is 90.9 cm³/mol. The number of nitrogens with two attached hydrogens (primary N) is 1. The van der Waals surface area contributed by atoms with Gasteiger partial charge in [-0.1, -0.05) is 50.1 Å². The molecular formula is C19H28N2O2. The molecule has 2 N–H and O–H groups in total. The molecule has 1 aromatic rings. The second-order valence-electron chi connectivity index (χ2n) is 7.36. The molecule has 2 aliphatic rings. The van der Waals surface area contributed by atoms with Crippen molar-refractivity contribution in [2.75, 3.05) is 19.6 Å². The normalized spacial score (nSPS) is 26.6. The number of ether oxygens (including phenoxy) is 1. The summed E-state index contributed by atoms with van der Waals surface area (Å²) in [6, 6.07) is 9.91. The minimum absolute atomic E-state index is 0.0459. The molecule has 0 radical (unpaired) electrons. The second-order valence-corrected chi connectivity index (χ2v) is 7.36. The maximum atomic E-state index is 13.1. The number of carbonyl (C=O) groups is 1. The smallest absolute Gasteiger partial charge is 0.256 e. The number of hydrogen-bond donors (Lipinski definition) is 1. The number of nitrogens with zero attached hydrogens (tertiary/aromatic N) is 1. The van der Waals surface area contributed by atoms with Crippen LogP contribution in [-0.2, 0) is 9.53 Å². The Morgan fingerprint density at radius 3 is 2.65 bits per heavy atom. The topological polar surface area (TPSA) is 55.6 Å². The Morgan fingerprint density at radius 2 is 2.04 bits per heavy atom. The van der Waals surface area contributed by atoms with Gasteiger partial charge in [-0.3, -0.25) is 4.79 Å². The lowest BCUT2D eigenvalue weighted by Crippen LogP contribution is -2.38. The summed E-state index contributed by atoms with van der Waals surface area (Å²) in [6.45, 7) is 4.30.